The van der Waals surface area contributed by atoms with Crippen molar-refractivity contribution in [1.82, 2.24) is 4.72 Å². The topological polar surface area (TPSA) is 70.0 Å². The zero-order valence-corrected chi connectivity index (χ0v) is 8.26. The van der Waals surface area contributed by atoms with Crippen LogP contribution in [-0.2, 0) is 10.0 Å². The van der Waals surface area contributed by atoms with E-state index < -0.39 is 15.8 Å². The van der Waals surface area contributed by atoms with Gasteiger partial charge in [-0.15, -0.1) is 12.3 Å². The van der Waals surface area contributed by atoms with Crippen LogP contribution in [0.15, 0.2) is 0 Å². The van der Waals surface area contributed by atoms with Crippen LogP contribution in [0.3, 0.4) is 0 Å². The Labute approximate surface area is 79.0 Å². The normalized spacial score (nSPS) is 12.8. The van der Waals surface area contributed by atoms with Crippen molar-refractivity contribution in [3.63, 3.8) is 0 Å². The lowest BCUT2D eigenvalue weighted by Gasteiger charge is -2.12. The van der Waals surface area contributed by atoms with E-state index in [1.807, 2.05) is 6.92 Å². The summed E-state index contributed by atoms with van der Waals surface area (Å²) in [5.41, 5.74) is 0. The van der Waals surface area contributed by atoms with E-state index in [0.29, 0.717) is 12.8 Å². The number of nitrogens with one attached hydrogen (secondary N) is 1. The number of terminal acetylenes is 1. The van der Waals surface area contributed by atoms with Gasteiger partial charge in [0.1, 0.15) is 0 Å². The summed E-state index contributed by atoms with van der Waals surface area (Å²) in [6.45, 7) is 1.83. The van der Waals surface area contributed by atoms with Gasteiger partial charge in [-0.25, -0.2) is 13.1 Å². The predicted molar refractivity (Wildman–Crippen MR) is 50.1 cm³/mol. The summed E-state index contributed by atoms with van der Waals surface area (Å²) in [5.74, 6) is 1.85. The average Bonchev–Trinajstić information content (AvgIpc) is 2.03. The summed E-state index contributed by atoms with van der Waals surface area (Å²) >= 11 is 0. The first kappa shape index (κ1) is 12.0. The molecule has 1 unspecified atom stereocenters. The third kappa shape index (κ3) is 5.24. The van der Waals surface area contributed by atoms with E-state index in [4.69, 9.17) is 11.7 Å². The third-order valence-electron chi connectivity index (χ3n) is 1.46. The molecule has 0 fully saturated rings. The molecule has 0 aliphatic heterocycles. The van der Waals surface area contributed by atoms with Crippen LogP contribution in [-0.4, -0.2) is 20.2 Å². The van der Waals surface area contributed by atoms with Gasteiger partial charge in [-0.2, -0.15) is 5.26 Å². The van der Waals surface area contributed by atoms with Crippen molar-refractivity contribution in [1.29, 1.82) is 5.26 Å². The molecule has 1 N–H and O–H groups in total. The first-order chi connectivity index (χ1) is 6.05. The maximum Gasteiger partial charge on any atom is 0.225 e. The highest BCUT2D eigenvalue weighted by molar-refractivity contribution is 7.89. The maximum absolute atomic E-state index is 11.1. The molecule has 0 aliphatic carbocycles. The van der Waals surface area contributed by atoms with Crippen molar-refractivity contribution in [2.24, 2.45) is 0 Å². The summed E-state index contributed by atoms with van der Waals surface area (Å²) in [5, 5.41) is 8.21. The van der Waals surface area contributed by atoms with Crippen LogP contribution in [0.5, 0.6) is 0 Å². The Kier molecular flexibility index (Phi) is 5.13. The molecular weight excluding hydrogens is 188 g/mol. The molecule has 0 aromatic carbocycles. The van der Waals surface area contributed by atoms with Gasteiger partial charge >= 0.3 is 0 Å². The Morgan fingerprint density at radius 3 is 2.62 bits per heavy atom. The van der Waals surface area contributed by atoms with Crippen molar-refractivity contribution in [2.45, 2.75) is 25.8 Å². The largest absolute Gasteiger partial charge is 0.225 e. The standard InChI is InChI=1S/C8H12N2O2S/c1-3-5-8(4-2)10-13(11,12)7-6-9/h1,8,10H,4-5,7H2,2H3. The Morgan fingerprint density at radius 1 is 1.62 bits per heavy atom. The highest BCUT2D eigenvalue weighted by atomic mass is 32.2. The molecule has 0 saturated carbocycles. The van der Waals surface area contributed by atoms with Gasteiger partial charge in [0.2, 0.25) is 10.0 Å². The quantitative estimate of drug-likeness (QED) is 0.646. The fraction of sp³-hybridized carbons (Fsp3) is 0.625. The van der Waals surface area contributed by atoms with Crippen LogP contribution >= 0.6 is 0 Å². The Bertz CT molecular complexity index is 321. The van der Waals surface area contributed by atoms with Crippen molar-refractivity contribution >= 4 is 10.0 Å². The summed E-state index contributed by atoms with van der Waals surface area (Å²) in [6, 6.07) is 1.32. The molecule has 0 aromatic heterocycles. The lowest BCUT2D eigenvalue weighted by atomic mass is 10.2. The van der Waals surface area contributed by atoms with Crippen molar-refractivity contribution < 1.29 is 8.42 Å². The molecular formula is C8H12N2O2S. The molecule has 0 amide bonds. The Balaban J connectivity index is 4.26. The smallest absolute Gasteiger partial charge is 0.211 e. The highest BCUT2D eigenvalue weighted by Crippen LogP contribution is 1.98. The van der Waals surface area contributed by atoms with Gasteiger partial charge < -0.3 is 0 Å². The fourth-order valence-electron chi connectivity index (χ4n) is 0.792. The van der Waals surface area contributed by atoms with Crippen molar-refractivity contribution in [3.05, 3.63) is 0 Å². The first-order valence-corrected chi connectivity index (χ1v) is 5.51. The van der Waals surface area contributed by atoms with Crippen LogP contribution in [0.4, 0.5) is 0 Å². The minimum absolute atomic E-state index is 0.261. The number of hydrogen-bond acceptors (Lipinski definition) is 3. The SMILES string of the molecule is C#CCC(CC)NS(=O)(=O)CC#N. The minimum Gasteiger partial charge on any atom is -0.211 e. The molecule has 1 atom stereocenters. The van der Waals surface area contributed by atoms with Crippen LogP contribution in [0.2, 0.25) is 0 Å². The molecule has 0 radical (unpaired) electrons. The molecule has 0 rings (SSSR count). The Morgan fingerprint density at radius 2 is 2.23 bits per heavy atom. The second-order valence-electron chi connectivity index (χ2n) is 2.55. The maximum atomic E-state index is 11.1. The van der Waals surface area contributed by atoms with E-state index in [-0.39, 0.29) is 6.04 Å². The van der Waals surface area contributed by atoms with Crippen LogP contribution in [0, 0.1) is 23.7 Å². The minimum atomic E-state index is -3.47. The zero-order valence-electron chi connectivity index (χ0n) is 7.45. The first-order valence-electron chi connectivity index (χ1n) is 3.86. The highest BCUT2D eigenvalue weighted by Gasteiger charge is 2.14. The van der Waals surface area contributed by atoms with Gasteiger partial charge in [0.25, 0.3) is 0 Å². The lowest BCUT2D eigenvalue weighted by Crippen LogP contribution is -2.35. The van der Waals surface area contributed by atoms with Gasteiger partial charge in [-0.3, -0.25) is 0 Å². The van der Waals surface area contributed by atoms with Crippen molar-refractivity contribution in [3.8, 4) is 18.4 Å². The van der Waals surface area contributed by atoms with E-state index in [0.717, 1.165) is 0 Å². The lowest BCUT2D eigenvalue weighted by molar-refractivity contribution is 0.547. The molecule has 5 heteroatoms. The molecule has 72 valence electrons. The average molecular weight is 200 g/mol. The molecule has 13 heavy (non-hydrogen) atoms. The van der Waals surface area contributed by atoms with E-state index in [2.05, 4.69) is 10.6 Å². The number of rotatable bonds is 5. The second-order valence-corrected chi connectivity index (χ2v) is 4.30. The molecule has 0 saturated heterocycles. The van der Waals surface area contributed by atoms with Gasteiger partial charge in [0.05, 0.1) is 6.07 Å². The molecule has 0 aliphatic rings. The van der Waals surface area contributed by atoms with Gasteiger partial charge in [0.15, 0.2) is 5.75 Å². The van der Waals surface area contributed by atoms with E-state index >= 15 is 0 Å². The van der Waals surface area contributed by atoms with E-state index in [1.165, 1.54) is 0 Å². The van der Waals surface area contributed by atoms with Gasteiger partial charge in [0, 0.05) is 12.5 Å². The molecule has 0 aromatic rings. The number of nitriles is 1. The monoisotopic (exact) mass is 200 g/mol. The van der Waals surface area contributed by atoms with Crippen molar-refractivity contribution in [2.75, 3.05) is 5.75 Å². The third-order valence-corrected chi connectivity index (χ3v) is 2.66. The van der Waals surface area contributed by atoms with Crippen LogP contribution < -0.4 is 4.72 Å². The van der Waals surface area contributed by atoms with E-state index in [9.17, 15) is 8.42 Å². The fourth-order valence-corrected chi connectivity index (χ4v) is 1.80. The number of nitrogens with zero attached hydrogens (tertiary/aromatic N) is 1. The summed E-state index contributed by atoms with van der Waals surface area (Å²) < 4.78 is 24.5. The molecule has 4 nitrogen and oxygen atoms in total. The van der Waals surface area contributed by atoms with Gasteiger partial charge in [-0.05, 0) is 6.42 Å². The summed E-state index contributed by atoms with van der Waals surface area (Å²) in [4.78, 5) is 0. The second kappa shape index (κ2) is 5.58. The number of sulfonamides is 1. The summed E-state index contributed by atoms with van der Waals surface area (Å²) in [7, 11) is -3.47. The Hall–Kier alpha value is -1.04. The molecule has 0 heterocycles. The van der Waals surface area contributed by atoms with Crippen LogP contribution in [0.1, 0.15) is 19.8 Å². The summed E-state index contributed by atoms with van der Waals surface area (Å²) in [6.07, 6.45) is 6.02. The number of hydrogen-bond donors (Lipinski definition) is 1. The van der Waals surface area contributed by atoms with E-state index in [1.54, 1.807) is 6.07 Å². The molecule has 0 bridgehead atoms. The zero-order chi connectivity index (χ0) is 10.3. The van der Waals surface area contributed by atoms with Gasteiger partial charge in [-0.1, -0.05) is 6.92 Å². The predicted octanol–water partition coefficient (Wildman–Crippen LogP) is 0.231. The van der Waals surface area contributed by atoms with Crippen LogP contribution in [0.25, 0.3) is 0 Å². The molecule has 0 spiro atoms.